The number of anilines is 2. The van der Waals surface area contributed by atoms with E-state index >= 15 is 0 Å². The Morgan fingerprint density at radius 2 is 1.89 bits per heavy atom. The molecule has 0 radical (unpaired) electrons. The Balaban J connectivity index is 2.41. The molecule has 0 saturated carbocycles. The molecule has 0 aliphatic heterocycles. The van der Waals surface area contributed by atoms with E-state index in [9.17, 15) is 4.79 Å². The molecule has 0 atom stereocenters. The summed E-state index contributed by atoms with van der Waals surface area (Å²) >= 11 is 18.6. The van der Waals surface area contributed by atoms with Crippen molar-refractivity contribution < 1.29 is 0 Å². The lowest BCUT2D eigenvalue weighted by molar-refractivity contribution is 1.38. The topological polar surface area (TPSA) is 68.7 Å². The third-order valence-corrected chi connectivity index (χ3v) is 4.05. The fourth-order valence-electron chi connectivity index (χ4n) is 1.25. The highest BCUT2D eigenvalue weighted by molar-refractivity contribution is 7.10. The van der Waals surface area contributed by atoms with Crippen molar-refractivity contribution in [2.24, 2.45) is 0 Å². The monoisotopic (exact) mass is 319 g/mol. The minimum atomic E-state index is -0.434. The van der Waals surface area contributed by atoms with Gasteiger partial charge in [0.15, 0.2) is 5.56 Å². The van der Waals surface area contributed by atoms with Crippen LogP contribution < -0.4 is 10.9 Å². The third kappa shape index (κ3) is 2.47. The summed E-state index contributed by atoms with van der Waals surface area (Å²) in [4.78, 5) is 11.3. The minimum Gasteiger partial charge on any atom is -0.345 e. The van der Waals surface area contributed by atoms with E-state index in [4.69, 9.17) is 40.1 Å². The Hall–Kier alpha value is -1.19. The second-order valence-corrected chi connectivity index (χ2v) is 5.24. The molecule has 92 valence electrons. The predicted octanol–water partition coefficient (Wildman–Crippen LogP) is 4.01. The van der Waals surface area contributed by atoms with Gasteiger partial charge >= 0.3 is 0 Å². The van der Waals surface area contributed by atoms with Crippen LogP contribution in [-0.4, -0.2) is 4.37 Å². The summed E-state index contributed by atoms with van der Waals surface area (Å²) in [6.07, 6.45) is 0. The summed E-state index contributed by atoms with van der Waals surface area (Å²) in [6, 6.07) is 4.93. The lowest BCUT2D eigenvalue weighted by Crippen LogP contribution is -2.02. The second-order valence-electron chi connectivity index (χ2n) is 3.23. The minimum absolute atomic E-state index is 0.0159. The molecule has 0 unspecified atom stereocenters. The van der Waals surface area contributed by atoms with Gasteiger partial charge in [0, 0.05) is 5.69 Å². The van der Waals surface area contributed by atoms with Gasteiger partial charge in [-0.25, -0.2) is 0 Å². The van der Waals surface area contributed by atoms with Crippen molar-refractivity contribution >= 4 is 57.0 Å². The van der Waals surface area contributed by atoms with Crippen molar-refractivity contribution in [2.45, 2.75) is 0 Å². The second kappa shape index (κ2) is 5.21. The zero-order valence-electron chi connectivity index (χ0n) is 8.55. The summed E-state index contributed by atoms with van der Waals surface area (Å²) in [5.41, 5.74) is 0.125. The quantitative estimate of drug-likeness (QED) is 0.821. The number of hydrogen-bond acceptors (Lipinski definition) is 4. The Kier molecular flexibility index (Phi) is 3.83. The maximum absolute atomic E-state index is 11.3. The SMILES string of the molecule is N#Cc1c(Nc2cc(Cl)c(Cl)c(Cl)c2)s[nH]c1=O. The molecule has 0 saturated heterocycles. The lowest BCUT2D eigenvalue weighted by atomic mass is 10.3. The summed E-state index contributed by atoms with van der Waals surface area (Å²) in [7, 11) is 0. The molecule has 0 aliphatic carbocycles. The molecule has 18 heavy (non-hydrogen) atoms. The van der Waals surface area contributed by atoms with Gasteiger partial charge in [-0.1, -0.05) is 34.8 Å². The summed E-state index contributed by atoms with van der Waals surface area (Å²) < 4.78 is 2.46. The average molecular weight is 321 g/mol. The van der Waals surface area contributed by atoms with Gasteiger partial charge in [-0.05, 0) is 23.7 Å². The van der Waals surface area contributed by atoms with Gasteiger partial charge in [0.2, 0.25) is 0 Å². The molecule has 0 bridgehead atoms. The van der Waals surface area contributed by atoms with E-state index in [2.05, 4.69) is 9.69 Å². The Morgan fingerprint density at radius 3 is 2.44 bits per heavy atom. The van der Waals surface area contributed by atoms with E-state index in [0.717, 1.165) is 11.5 Å². The Labute approximate surface area is 121 Å². The maximum Gasteiger partial charge on any atom is 0.278 e. The van der Waals surface area contributed by atoms with Crippen LogP contribution in [0.25, 0.3) is 0 Å². The number of hydrogen-bond donors (Lipinski definition) is 2. The number of aromatic nitrogens is 1. The standard InChI is InChI=1S/C10H4Cl3N3OS/c11-6-1-4(2-7(12)8(6)13)15-10-5(3-14)9(17)16-18-10/h1-2,15H,(H,16,17). The molecule has 8 heteroatoms. The van der Waals surface area contributed by atoms with Crippen LogP contribution in [0.15, 0.2) is 16.9 Å². The molecule has 0 amide bonds. The van der Waals surface area contributed by atoms with Crippen molar-refractivity contribution in [3.8, 4) is 6.07 Å². The first-order valence-corrected chi connectivity index (χ1v) is 6.51. The van der Waals surface area contributed by atoms with Crippen molar-refractivity contribution in [1.82, 2.24) is 4.37 Å². The van der Waals surface area contributed by atoms with Crippen molar-refractivity contribution in [3.63, 3.8) is 0 Å². The number of aromatic amines is 1. The van der Waals surface area contributed by atoms with Crippen molar-refractivity contribution in [1.29, 1.82) is 5.26 Å². The maximum atomic E-state index is 11.3. The molecule has 2 N–H and O–H groups in total. The highest BCUT2D eigenvalue weighted by Crippen LogP contribution is 2.34. The van der Waals surface area contributed by atoms with E-state index in [1.165, 1.54) is 0 Å². The first-order chi connectivity index (χ1) is 8.52. The number of nitriles is 1. The number of halogens is 3. The van der Waals surface area contributed by atoms with E-state index < -0.39 is 5.56 Å². The number of benzene rings is 1. The fourth-order valence-corrected chi connectivity index (χ4v) is 2.55. The molecule has 2 aromatic rings. The summed E-state index contributed by atoms with van der Waals surface area (Å²) in [5, 5.41) is 13.0. The predicted molar refractivity (Wildman–Crippen MR) is 74.4 cm³/mol. The molecule has 0 spiro atoms. The summed E-state index contributed by atoms with van der Waals surface area (Å²) in [6.45, 7) is 0. The smallest absolute Gasteiger partial charge is 0.278 e. The van der Waals surface area contributed by atoms with Crippen LogP contribution in [0, 0.1) is 11.3 Å². The van der Waals surface area contributed by atoms with Crippen LogP contribution in [-0.2, 0) is 0 Å². The van der Waals surface area contributed by atoms with Gasteiger partial charge in [-0.3, -0.25) is 9.17 Å². The van der Waals surface area contributed by atoms with Gasteiger partial charge in [-0.15, -0.1) is 0 Å². The zero-order chi connectivity index (χ0) is 13.3. The van der Waals surface area contributed by atoms with Crippen LogP contribution >= 0.6 is 46.3 Å². The number of nitrogens with one attached hydrogen (secondary N) is 2. The molecule has 4 nitrogen and oxygen atoms in total. The highest BCUT2D eigenvalue weighted by atomic mass is 35.5. The number of H-pyrrole nitrogens is 1. The van der Waals surface area contributed by atoms with Crippen molar-refractivity contribution in [3.05, 3.63) is 43.1 Å². The molecule has 0 fully saturated rings. The Bertz CT molecular complexity index is 678. The molecule has 1 heterocycles. The first kappa shape index (κ1) is 13.2. The summed E-state index contributed by atoms with van der Waals surface area (Å²) in [5.74, 6) is 0. The lowest BCUT2D eigenvalue weighted by Gasteiger charge is -2.06. The van der Waals surface area contributed by atoms with Gasteiger partial charge in [0.1, 0.15) is 11.1 Å². The largest absolute Gasteiger partial charge is 0.345 e. The molecule has 1 aromatic heterocycles. The van der Waals surface area contributed by atoms with E-state index in [1.54, 1.807) is 12.1 Å². The third-order valence-electron chi connectivity index (χ3n) is 2.05. The Morgan fingerprint density at radius 1 is 1.28 bits per heavy atom. The van der Waals surface area contributed by atoms with Crippen LogP contribution in [0.3, 0.4) is 0 Å². The normalized spacial score (nSPS) is 10.1. The van der Waals surface area contributed by atoms with E-state index in [0.29, 0.717) is 10.7 Å². The van der Waals surface area contributed by atoms with Crippen LogP contribution in [0.2, 0.25) is 15.1 Å². The van der Waals surface area contributed by atoms with Crippen LogP contribution in [0.5, 0.6) is 0 Å². The van der Waals surface area contributed by atoms with Gasteiger partial charge < -0.3 is 5.32 Å². The highest BCUT2D eigenvalue weighted by Gasteiger charge is 2.12. The molecule has 2 rings (SSSR count). The van der Waals surface area contributed by atoms with E-state index in [1.807, 2.05) is 6.07 Å². The molecular weight excluding hydrogens is 317 g/mol. The van der Waals surface area contributed by atoms with Crippen LogP contribution in [0.1, 0.15) is 5.56 Å². The average Bonchev–Trinajstić information content (AvgIpc) is 2.66. The van der Waals surface area contributed by atoms with Gasteiger partial charge in [0.05, 0.1) is 15.1 Å². The first-order valence-electron chi connectivity index (χ1n) is 4.56. The fraction of sp³-hybridized carbons (Fsp3) is 0. The van der Waals surface area contributed by atoms with Gasteiger partial charge in [-0.2, -0.15) is 5.26 Å². The molecule has 1 aromatic carbocycles. The van der Waals surface area contributed by atoms with Gasteiger partial charge in [0.25, 0.3) is 5.56 Å². The molecule has 0 aliphatic rings. The van der Waals surface area contributed by atoms with Crippen LogP contribution in [0.4, 0.5) is 10.7 Å². The van der Waals surface area contributed by atoms with Crippen molar-refractivity contribution in [2.75, 3.05) is 5.32 Å². The van der Waals surface area contributed by atoms with E-state index in [-0.39, 0.29) is 20.6 Å². The number of rotatable bonds is 2. The zero-order valence-corrected chi connectivity index (χ0v) is 11.6. The number of nitrogens with zero attached hydrogens (tertiary/aromatic N) is 1. The molecular formula is C10H4Cl3N3OS.